The van der Waals surface area contributed by atoms with Gasteiger partial charge in [-0.05, 0) is 52.2 Å². The maximum absolute atomic E-state index is 12.1. The summed E-state index contributed by atoms with van der Waals surface area (Å²) >= 11 is 6.16. The highest BCUT2D eigenvalue weighted by Gasteiger charge is 2.34. The third kappa shape index (κ3) is 5.40. The first-order valence-electron chi connectivity index (χ1n) is 8.04. The van der Waals surface area contributed by atoms with Gasteiger partial charge in [0.2, 0.25) is 0 Å². The number of hydrogen-bond acceptors (Lipinski definition) is 3. The Bertz CT molecular complexity index is 545. The molecular formula is C18H26ClNO3. The van der Waals surface area contributed by atoms with Crippen LogP contribution in [0.2, 0.25) is 5.02 Å². The molecule has 1 aliphatic heterocycles. The topological polar surface area (TPSA) is 38.8 Å². The van der Waals surface area contributed by atoms with Gasteiger partial charge in [-0.1, -0.05) is 29.8 Å². The molecule has 128 valence electrons. The lowest BCUT2D eigenvalue weighted by atomic mass is 9.93. The third-order valence-electron chi connectivity index (χ3n) is 4.01. The molecule has 5 heteroatoms. The van der Waals surface area contributed by atoms with Crippen molar-refractivity contribution in [2.45, 2.75) is 58.3 Å². The Morgan fingerprint density at radius 1 is 1.26 bits per heavy atom. The van der Waals surface area contributed by atoms with E-state index in [0.717, 1.165) is 23.4 Å². The molecule has 0 unspecified atom stereocenters. The van der Waals surface area contributed by atoms with E-state index in [1.54, 1.807) is 4.90 Å². The number of benzene rings is 1. The smallest absolute Gasteiger partial charge is 0.410 e. The minimum atomic E-state index is -0.460. The second-order valence-electron chi connectivity index (χ2n) is 7.30. The summed E-state index contributed by atoms with van der Waals surface area (Å²) in [5.74, 6) is 0. The van der Waals surface area contributed by atoms with Gasteiger partial charge in [0.1, 0.15) is 5.60 Å². The molecular weight excluding hydrogens is 314 g/mol. The van der Waals surface area contributed by atoms with Gasteiger partial charge in [0.15, 0.2) is 0 Å². The van der Waals surface area contributed by atoms with Gasteiger partial charge in [-0.25, -0.2) is 4.79 Å². The van der Waals surface area contributed by atoms with E-state index in [1.165, 1.54) is 0 Å². The van der Waals surface area contributed by atoms with Gasteiger partial charge < -0.3 is 14.4 Å². The van der Waals surface area contributed by atoms with Crippen LogP contribution in [-0.2, 0) is 16.1 Å². The van der Waals surface area contributed by atoms with Crippen LogP contribution in [0.1, 0.15) is 46.1 Å². The molecule has 0 bridgehead atoms. The molecule has 1 fully saturated rings. The second kappa shape index (κ2) is 7.10. The summed E-state index contributed by atoms with van der Waals surface area (Å²) in [5.41, 5.74) is 0.292. The minimum Gasteiger partial charge on any atom is -0.444 e. The van der Waals surface area contributed by atoms with Crippen LogP contribution < -0.4 is 0 Å². The van der Waals surface area contributed by atoms with Crippen LogP contribution in [0.25, 0.3) is 0 Å². The second-order valence-corrected chi connectivity index (χ2v) is 7.70. The normalized spacial score (nSPS) is 17.9. The lowest BCUT2D eigenvalue weighted by Crippen LogP contribution is -2.47. The highest BCUT2D eigenvalue weighted by atomic mass is 35.5. The number of carbonyl (C=O) groups excluding carboxylic acids is 1. The molecule has 0 radical (unpaired) electrons. The van der Waals surface area contributed by atoms with Crippen molar-refractivity contribution in [3.8, 4) is 0 Å². The van der Waals surface area contributed by atoms with Crippen molar-refractivity contribution in [3.63, 3.8) is 0 Å². The minimum absolute atomic E-state index is 0.238. The molecule has 1 saturated heterocycles. The largest absolute Gasteiger partial charge is 0.444 e. The summed E-state index contributed by atoms with van der Waals surface area (Å²) in [6.45, 7) is 9.52. The number of likely N-dealkylation sites (tertiary alicyclic amines) is 1. The number of piperidine rings is 1. The summed E-state index contributed by atoms with van der Waals surface area (Å²) in [6, 6.07) is 7.71. The van der Waals surface area contributed by atoms with E-state index in [0.29, 0.717) is 19.7 Å². The summed E-state index contributed by atoms with van der Waals surface area (Å²) < 4.78 is 11.5. The molecule has 0 atom stereocenters. The number of carbonyl (C=O) groups is 1. The SMILES string of the molecule is CC(C)(C)OC(=O)N1CCC(C)(OCc2ccccc2Cl)CC1. The van der Waals surface area contributed by atoms with Crippen molar-refractivity contribution in [2.24, 2.45) is 0 Å². The van der Waals surface area contributed by atoms with Crippen molar-refractivity contribution >= 4 is 17.7 Å². The standard InChI is InChI=1S/C18H26ClNO3/c1-17(2,3)23-16(21)20-11-9-18(4,10-12-20)22-13-14-7-5-6-8-15(14)19/h5-8H,9-13H2,1-4H3. The van der Waals surface area contributed by atoms with E-state index in [9.17, 15) is 4.79 Å². The van der Waals surface area contributed by atoms with Crippen LogP contribution in [-0.4, -0.2) is 35.3 Å². The third-order valence-corrected chi connectivity index (χ3v) is 4.38. The molecule has 0 aromatic heterocycles. The molecule has 1 aromatic carbocycles. The summed E-state index contributed by atoms with van der Waals surface area (Å²) in [6.07, 6.45) is 1.33. The number of rotatable bonds is 3. The molecule has 1 aromatic rings. The maximum Gasteiger partial charge on any atom is 0.410 e. The highest BCUT2D eigenvalue weighted by molar-refractivity contribution is 6.31. The molecule has 0 saturated carbocycles. The van der Waals surface area contributed by atoms with Crippen LogP contribution in [0.15, 0.2) is 24.3 Å². The van der Waals surface area contributed by atoms with Gasteiger partial charge in [0, 0.05) is 18.1 Å². The lowest BCUT2D eigenvalue weighted by molar-refractivity contribution is -0.0811. The van der Waals surface area contributed by atoms with E-state index in [2.05, 4.69) is 6.92 Å². The lowest BCUT2D eigenvalue weighted by Gasteiger charge is -2.39. The Hall–Kier alpha value is -1.26. The number of nitrogens with zero attached hydrogens (tertiary/aromatic N) is 1. The van der Waals surface area contributed by atoms with Gasteiger partial charge >= 0.3 is 6.09 Å². The van der Waals surface area contributed by atoms with Gasteiger partial charge in [0.05, 0.1) is 12.2 Å². The first-order valence-corrected chi connectivity index (χ1v) is 8.42. The fraction of sp³-hybridized carbons (Fsp3) is 0.611. The summed E-state index contributed by atoms with van der Waals surface area (Å²) in [7, 11) is 0. The number of amides is 1. The predicted octanol–water partition coefficient (Wildman–Crippen LogP) is 4.65. The van der Waals surface area contributed by atoms with Crippen molar-refractivity contribution in [1.29, 1.82) is 0 Å². The van der Waals surface area contributed by atoms with Crippen LogP contribution >= 0.6 is 11.6 Å². The Morgan fingerprint density at radius 3 is 2.43 bits per heavy atom. The van der Waals surface area contributed by atoms with Crippen LogP contribution in [0.3, 0.4) is 0 Å². The fourth-order valence-corrected chi connectivity index (χ4v) is 2.69. The number of halogens is 1. The van der Waals surface area contributed by atoms with E-state index in [4.69, 9.17) is 21.1 Å². The summed E-state index contributed by atoms with van der Waals surface area (Å²) in [4.78, 5) is 13.9. The van der Waals surface area contributed by atoms with Crippen LogP contribution in [0.5, 0.6) is 0 Å². The van der Waals surface area contributed by atoms with E-state index >= 15 is 0 Å². The first-order chi connectivity index (χ1) is 10.7. The molecule has 1 amide bonds. The van der Waals surface area contributed by atoms with E-state index in [1.807, 2.05) is 45.0 Å². The zero-order valence-electron chi connectivity index (χ0n) is 14.4. The van der Waals surface area contributed by atoms with Gasteiger partial charge in [-0.15, -0.1) is 0 Å². The monoisotopic (exact) mass is 339 g/mol. The Balaban J connectivity index is 1.85. The Labute approximate surface area is 143 Å². The maximum atomic E-state index is 12.1. The van der Waals surface area contributed by atoms with Crippen molar-refractivity contribution in [2.75, 3.05) is 13.1 Å². The van der Waals surface area contributed by atoms with Gasteiger partial charge in [0.25, 0.3) is 0 Å². The average molecular weight is 340 g/mol. The molecule has 4 nitrogen and oxygen atoms in total. The zero-order chi connectivity index (χ0) is 17.1. The molecule has 0 spiro atoms. The van der Waals surface area contributed by atoms with E-state index < -0.39 is 5.60 Å². The number of hydrogen-bond donors (Lipinski definition) is 0. The molecule has 0 N–H and O–H groups in total. The predicted molar refractivity (Wildman–Crippen MR) is 91.7 cm³/mol. The highest BCUT2D eigenvalue weighted by Crippen LogP contribution is 2.29. The fourth-order valence-electron chi connectivity index (χ4n) is 2.50. The molecule has 2 rings (SSSR count). The van der Waals surface area contributed by atoms with Crippen LogP contribution in [0, 0.1) is 0 Å². The molecule has 1 aliphatic rings. The van der Waals surface area contributed by atoms with Crippen LogP contribution in [0.4, 0.5) is 4.79 Å². The first kappa shape index (κ1) is 18.1. The van der Waals surface area contributed by atoms with E-state index in [-0.39, 0.29) is 11.7 Å². The van der Waals surface area contributed by atoms with Crippen molar-refractivity contribution in [3.05, 3.63) is 34.9 Å². The average Bonchev–Trinajstić information content (AvgIpc) is 2.45. The molecule has 1 heterocycles. The zero-order valence-corrected chi connectivity index (χ0v) is 15.2. The van der Waals surface area contributed by atoms with Crippen molar-refractivity contribution < 1.29 is 14.3 Å². The summed E-state index contributed by atoms with van der Waals surface area (Å²) in [5, 5.41) is 0.724. The van der Waals surface area contributed by atoms with Gasteiger partial charge in [-0.3, -0.25) is 0 Å². The molecule has 0 aliphatic carbocycles. The van der Waals surface area contributed by atoms with Gasteiger partial charge in [-0.2, -0.15) is 0 Å². The quantitative estimate of drug-likeness (QED) is 0.804. The molecule has 23 heavy (non-hydrogen) atoms. The Morgan fingerprint density at radius 2 is 1.87 bits per heavy atom. The van der Waals surface area contributed by atoms with Crippen molar-refractivity contribution in [1.82, 2.24) is 4.90 Å². The Kier molecular flexibility index (Phi) is 5.58. The number of ether oxygens (including phenoxy) is 2.